The van der Waals surface area contributed by atoms with Gasteiger partial charge in [0.25, 0.3) is 5.91 Å². The molecule has 0 atom stereocenters. The molecule has 0 aromatic carbocycles. The Labute approximate surface area is 94.5 Å². The van der Waals surface area contributed by atoms with Crippen LogP contribution in [0.15, 0.2) is 11.4 Å². The minimum atomic E-state index is -0.745. The van der Waals surface area contributed by atoms with E-state index in [4.69, 9.17) is 5.73 Å². The normalized spacial score (nSPS) is 18.0. The van der Waals surface area contributed by atoms with Crippen LogP contribution in [0.5, 0.6) is 0 Å². The van der Waals surface area contributed by atoms with Gasteiger partial charge in [-0.1, -0.05) is 0 Å². The average Bonchev–Trinajstić information content (AvgIpc) is 2.65. The number of thiophene rings is 1. The predicted octanol–water partition coefficient (Wildman–Crippen LogP) is 0.535. The number of amides is 1. The number of anilines is 1. The molecule has 0 bridgehead atoms. The third-order valence-electron chi connectivity index (χ3n) is 2.33. The first-order valence-electron chi connectivity index (χ1n) is 4.65. The molecule has 1 aliphatic rings. The first-order chi connectivity index (χ1) is 7.16. The summed E-state index contributed by atoms with van der Waals surface area (Å²) in [7, 11) is -0.745. The SMILES string of the molecule is Nc1cc(C(=O)N2CCS(=O)CC2)cs1. The van der Waals surface area contributed by atoms with E-state index in [-0.39, 0.29) is 5.91 Å². The Bertz CT molecular complexity index is 393. The molecule has 1 saturated heterocycles. The van der Waals surface area contributed by atoms with Gasteiger partial charge in [-0.2, -0.15) is 0 Å². The minimum Gasteiger partial charge on any atom is -0.391 e. The van der Waals surface area contributed by atoms with E-state index in [9.17, 15) is 9.00 Å². The molecule has 0 radical (unpaired) electrons. The zero-order valence-electron chi connectivity index (χ0n) is 8.14. The molecule has 1 aromatic heterocycles. The van der Waals surface area contributed by atoms with Gasteiger partial charge in [-0.05, 0) is 6.07 Å². The fourth-order valence-corrected chi connectivity index (χ4v) is 3.17. The van der Waals surface area contributed by atoms with Gasteiger partial charge in [0.2, 0.25) is 0 Å². The molecule has 6 heteroatoms. The first-order valence-corrected chi connectivity index (χ1v) is 7.02. The molecule has 0 aliphatic carbocycles. The smallest absolute Gasteiger partial charge is 0.254 e. The molecule has 1 aliphatic heterocycles. The van der Waals surface area contributed by atoms with Crippen LogP contribution in [0.1, 0.15) is 10.4 Å². The van der Waals surface area contributed by atoms with E-state index in [1.807, 2.05) is 0 Å². The summed E-state index contributed by atoms with van der Waals surface area (Å²) in [4.78, 5) is 13.6. The van der Waals surface area contributed by atoms with Crippen LogP contribution in [-0.4, -0.2) is 39.6 Å². The molecule has 0 saturated carbocycles. The summed E-state index contributed by atoms with van der Waals surface area (Å²) < 4.78 is 11.1. The number of hydrogen-bond donors (Lipinski definition) is 1. The molecule has 82 valence electrons. The van der Waals surface area contributed by atoms with E-state index in [1.54, 1.807) is 16.3 Å². The van der Waals surface area contributed by atoms with Crippen molar-refractivity contribution in [2.45, 2.75) is 0 Å². The van der Waals surface area contributed by atoms with Gasteiger partial charge in [0.15, 0.2) is 0 Å². The summed E-state index contributed by atoms with van der Waals surface area (Å²) in [5.74, 6) is 1.18. The van der Waals surface area contributed by atoms with Gasteiger partial charge in [-0.3, -0.25) is 9.00 Å². The molecule has 15 heavy (non-hydrogen) atoms. The Balaban J connectivity index is 2.05. The van der Waals surface area contributed by atoms with Gasteiger partial charge in [0.05, 0.1) is 10.6 Å². The van der Waals surface area contributed by atoms with Crippen molar-refractivity contribution in [3.63, 3.8) is 0 Å². The van der Waals surface area contributed by atoms with E-state index in [2.05, 4.69) is 0 Å². The second-order valence-electron chi connectivity index (χ2n) is 3.38. The molecular weight excluding hydrogens is 232 g/mol. The zero-order valence-corrected chi connectivity index (χ0v) is 9.77. The summed E-state index contributed by atoms with van der Waals surface area (Å²) in [6.07, 6.45) is 0. The molecular formula is C9H12N2O2S2. The number of rotatable bonds is 1. The van der Waals surface area contributed by atoms with Crippen molar-refractivity contribution in [2.24, 2.45) is 0 Å². The Morgan fingerprint density at radius 1 is 1.47 bits per heavy atom. The minimum absolute atomic E-state index is 0.000324. The molecule has 2 heterocycles. The number of carbonyl (C=O) groups excluding carboxylic acids is 1. The van der Waals surface area contributed by atoms with Crippen molar-refractivity contribution in [1.29, 1.82) is 0 Å². The molecule has 0 unspecified atom stereocenters. The van der Waals surface area contributed by atoms with Crippen molar-refractivity contribution in [1.82, 2.24) is 4.90 Å². The maximum atomic E-state index is 11.9. The lowest BCUT2D eigenvalue weighted by molar-refractivity contribution is 0.0772. The Kier molecular flexibility index (Phi) is 3.06. The fourth-order valence-electron chi connectivity index (χ4n) is 1.49. The predicted molar refractivity (Wildman–Crippen MR) is 62.5 cm³/mol. The van der Waals surface area contributed by atoms with E-state index in [1.165, 1.54) is 11.3 Å². The van der Waals surface area contributed by atoms with Gasteiger partial charge >= 0.3 is 0 Å². The molecule has 0 spiro atoms. The van der Waals surface area contributed by atoms with Crippen LogP contribution in [-0.2, 0) is 10.8 Å². The number of nitrogens with two attached hydrogens (primary N) is 1. The lowest BCUT2D eigenvalue weighted by Gasteiger charge is -2.25. The molecule has 1 amide bonds. The van der Waals surface area contributed by atoms with E-state index in [0.717, 1.165) is 0 Å². The van der Waals surface area contributed by atoms with Crippen molar-refractivity contribution >= 4 is 33.0 Å². The Hall–Kier alpha value is -0.880. The first kappa shape index (κ1) is 10.6. The highest BCUT2D eigenvalue weighted by molar-refractivity contribution is 7.85. The molecule has 2 rings (SSSR count). The van der Waals surface area contributed by atoms with Gasteiger partial charge in [-0.15, -0.1) is 11.3 Å². The summed E-state index contributed by atoms with van der Waals surface area (Å²) in [6.45, 7) is 1.17. The summed E-state index contributed by atoms with van der Waals surface area (Å²) in [6, 6.07) is 1.69. The average molecular weight is 244 g/mol. The lowest BCUT2D eigenvalue weighted by atomic mass is 10.3. The van der Waals surface area contributed by atoms with Crippen molar-refractivity contribution < 1.29 is 9.00 Å². The molecule has 1 aromatic rings. The Morgan fingerprint density at radius 2 is 2.13 bits per heavy atom. The van der Waals surface area contributed by atoms with Crippen LogP contribution in [0.2, 0.25) is 0 Å². The Morgan fingerprint density at radius 3 is 2.67 bits per heavy atom. The van der Waals surface area contributed by atoms with Crippen molar-refractivity contribution in [3.8, 4) is 0 Å². The van der Waals surface area contributed by atoms with Gasteiger partial charge in [-0.25, -0.2) is 0 Å². The van der Waals surface area contributed by atoms with Crippen LogP contribution in [0.3, 0.4) is 0 Å². The van der Waals surface area contributed by atoms with Crippen molar-refractivity contribution in [2.75, 3.05) is 30.3 Å². The maximum Gasteiger partial charge on any atom is 0.254 e. The van der Waals surface area contributed by atoms with E-state index in [0.29, 0.717) is 35.2 Å². The second kappa shape index (κ2) is 4.32. The number of nitrogens with zero attached hydrogens (tertiary/aromatic N) is 1. The van der Waals surface area contributed by atoms with Crippen LogP contribution in [0, 0.1) is 0 Å². The second-order valence-corrected chi connectivity index (χ2v) is 6.02. The van der Waals surface area contributed by atoms with Crippen LogP contribution in [0.4, 0.5) is 5.00 Å². The fraction of sp³-hybridized carbons (Fsp3) is 0.444. The number of hydrogen-bond acceptors (Lipinski definition) is 4. The van der Waals surface area contributed by atoms with E-state index >= 15 is 0 Å². The van der Waals surface area contributed by atoms with E-state index < -0.39 is 10.8 Å². The molecule has 4 nitrogen and oxygen atoms in total. The topological polar surface area (TPSA) is 63.4 Å². The number of nitrogen functional groups attached to an aromatic ring is 1. The van der Waals surface area contributed by atoms with Gasteiger partial charge in [0.1, 0.15) is 0 Å². The monoisotopic (exact) mass is 244 g/mol. The summed E-state index contributed by atoms with van der Waals surface area (Å²) in [5, 5.41) is 2.42. The largest absolute Gasteiger partial charge is 0.391 e. The highest BCUT2D eigenvalue weighted by atomic mass is 32.2. The van der Waals surface area contributed by atoms with Crippen LogP contribution in [0.25, 0.3) is 0 Å². The van der Waals surface area contributed by atoms with Gasteiger partial charge < -0.3 is 10.6 Å². The lowest BCUT2D eigenvalue weighted by Crippen LogP contribution is -2.41. The molecule has 2 N–H and O–H groups in total. The maximum absolute atomic E-state index is 11.9. The van der Waals surface area contributed by atoms with Gasteiger partial charge in [0, 0.05) is 40.8 Å². The highest BCUT2D eigenvalue weighted by Crippen LogP contribution is 2.18. The van der Waals surface area contributed by atoms with Crippen LogP contribution < -0.4 is 5.73 Å². The highest BCUT2D eigenvalue weighted by Gasteiger charge is 2.21. The third-order valence-corrected chi connectivity index (χ3v) is 4.37. The zero-order chi connectivity index (χ0) is 10.8. The molecule has 1 fully saturated rings. The van der Waals surface area contributed by atoms with Crippen molar-refractivity contribution in [3.05, 3.63) is 17.0 Å². The quantitative estimate of drug-likeness (QED) is 0.784. The summed E-state index contributed by atoms with van der Waals surface area (Å²) >= 11 is 1.37. The number of carbonyl (C=O) groups is 1. The standard InChI is InChI=1S/C9H12N2O2S2/c10-8-5-7(6-14-8)9(12)11-1-3-15(13)4-2-11/h5-6H,1-4,10H2. The summed E-state index contributed by atoms with van der Waals surface area (Å²) in [5.41, 5.74) is 6.21. The van der Waals surface area contributed by atoms with Crippen LogP contribution >= 0.6 is 11.3 Å². The third kappa shape index (κ3) is 2.38.